The monoisotopic (exact) mass is 619 g/mol. The molecule has 0 bridgehead atoms. The minimum atomic E-state index is -1.91. The summed E-state index contributed by atoms with van der Waals surface area (Å²) in [7, 11) is -1.91. The van der Waals surface area contributed by atoms with Crippen LogP contribution in [-0.2, 0) is 28.1 Å². The Hall–Kier alpha value is -2.60. The van der Waals surface area contributed by atoms with Crippen LogP contribution in [0.2, 0.25) is 18.1 Å². The number of aliphatic hydroxyl groups is 1. The Morgan fingerprint density at radius 2 is 1.74 bits per heavy atom. The molecule has 1 aliphatic rings. The van der Waals surface area contributed by atoms with Gasteiger partial charge in [0.2, 0.25) is 5.72 Å². The number of nitrogens with zero attached hydrogens (tertiary/aromatic N) is 4. The Morgan fingerprint density at radius 1 is 1.02 bits per heavy atom. The van der Waals surface area contributed by atoms with Crippen LogP contribution in [0.5, 0.6) is 0 Å². The molecule has 1 unspecified atom stereocenters. The fourth-order valence-corrected chi connectivity index (χ4v) is 6.57. The Labute approximate surface area is 259 Å². The van der Waals surface area contributed by atoms with E-state index in [-0.39, 0.29) is 11.0 Å². The van der Waals surface area contributed by atoms with Crippen LogP contribution in [0.4, 0.5) is 0 Å². The predicted molar refractivity (Wildman–Crippen MR) is 176 cm³/mol. The lowest BCUT2D eigenvalue weighted by Crippen LogP contribution is -2.57. The summed E-state index contributed by atoms with van der Waals surface area (Å²) in [5.41, 5.74) is 2.39. The van der Waals surface area contributed by atoms with Gasteiger partial charge in [-0.3, -0.25) is 0 Å². The lowest BCUT2D eigenvalue weighted by atomic mass is 9.76. The molecule has 43 heavy (non-hydrogen) atoms. The number of pyridine rings is 2. The summed E-state index contributed by atoms with van der Waals surface area (Å²) in [6.07, 6.45) is 4.59. The number of hydrogen-bond acceptors (Lipinski definition) is 7. The van der Waals surface area contributed by atoms with E-state index in [9.17, 15) is 9.66 Å². The Bertz CT molecular complexity index is 1590. The first-order valence-corrected chi connectivity index (χ1v) is 19.1. The lowest BCUT2D eigenvalue weighted by molar-refractivity contribution is -0.0700. The molecule has 1 aromatic carbocycles. The molecular formula is C33H45N5O3SSi. The van der Waals surface area contributed by atoms with Gasteiger partial charge in [-0.05, 0) is 82.1 Å². The highest BCUT2D eigenvalue weighted by atomic mass is 32.2. The number of fused-ring (bicyclic) bond motifs is 1. The van der Waals surface area contributed by atoms with Gasteiger partial charge in [-0.15, -0.1) is 4.72 Å². The molecule has 4 aromatic rings. The summed E-state index contributed by atoms with van der Waals surface area (Å²) in [6, 6.07) is 17.7. The van der Waals surface area contributed by atoms with Crippen molar-refractivity contribution in [2.45, 2.75) is 96.0 Å². The first-order chi connectivity index (χ1) is 20.1. The molecule has 2 atom stereocenters. The van der Waals surface area contributed by atoms with E-state index < -0.39 is 30.2 Å². The molecule has 3 aromatic heterocycles. The van der Waals surface area contributed by atoms with Crippen LogP contribution in [-0.4, -0.2) is 42.5 Å². The lowest BCUT2D eigenvalue weighted by Gasteiger charge is -2.42. The van der Waals surface area contributed by atoms with Crippen LogP contribution in [0.1, 0.15) is 72.2 Å². The highest BCUT2D eigenvalue weighted by Crippen LogP contribution is 2.42. The van der Waals surface area contributed by atoms with E-state index >= 15 is 0 Å². The van der Waals surface area contributed by atoms with E-state index in [1.54, 1.807) is 0 Å². The second-order valence-electron chi connectivity index (χ2n) is 14.2. The van der Waals surface area contributed by atoms with Crippen LogP contribution < -0.4 is 4.72 Å². The standard InChI is InChI=1S/C33H45N5O3SSi/c1-31(2,3)42(40)37-33(39,25-12-9-13-25)29-16-11-15-27(36-29)23-18-19-24-21-34-38(28(24)20-23)30-17-10-14-26(35-30)22-41-43(7,8)32(4,5)6/h10-11,14-21,25,37,39H,9,12-13,22H2,1-8H3/t33-,42?/m1/s1. The fraction of sp³-hybridized carbons (Fsp3) is 0.485. The number of rotatable bonds is 9. The van der Waals surface area contributed by atoms with Crippen molar-refractivity contribution < 1.29 is 14.1 Å². The zero-order valence-electron chi connectivity index (χ0n) is 26.6. The van der Waals surface area contributed by atoms with Crippen molar-refractivity contribution in [2.75, 3.05) is 0 Å². The molecule has 0 amide bonds. The summed E-state index contributed by atoms with van der Waals surface area (Å²) in [5, 5.41) is 17.7. The highest BCUT2D eigenvalue weighted by Gasteiger charge is 2.48. The summed E-state index contributed by atoms with van der Waals surface area (Å²) in [5.74, 6) is 0.669. The third-order valence-corrected chi connectivity index (χ3v) is 15.0. The normalized spacial score (nSPS) is 17.1. The zero-order valence-corrected chi connectivity index (χ0v) is 28.5. The van der Waals surface area contributed by atoms with Crippen molar-refractivity contribution in [1.29, 1.82) is 0 Å². The quantitative estimate of drug-likeness (QED) is 0.118. The van der Waals surface area contributed by atoms with Gasteiger partial charge in [0.05, 0.1) is 35.4 Å². The largest absolute Gasteiger partial charge is 0.598 e. The van der Waals surface area contributed by atoms with Crippen molar-refractivity contribution in [3.63, 3.8) is 0 Å². The SMILES string of the molecule is CC(C)(C)[S+]([O-])N[C@](O)(c1cccc(-c2ccc3cnn(-c4cccc(CO[Si](C)(C)C(C)(C)C)n4)c3c2)n1)C1CCC1. The van der Waals surface area contributed by atoms with Crippen molar-refractivity contribution in [3.05, 3.63) is 72.2 Å². The second-order valence-corrected chi connectivity index (χ2v) is 20.9. The zero-order chi connectivity index (χ0) is 31.2. The van der Waals surface area contributed by atoms with Crippen molar-refractivity contribution in [1.82, 2.24) is 24.5 Å². The van der Waals surface area contributed by atoms with E-state index in [0.717, 1.165) is 52.9 Å². The molecule has 1 aliphatic carbocycles. The third kappa shape index (κ3) is 6.60. The third-order valence-electron chi connectivity index (χ3n) is 8.90. The van der Waals surface area contributed by atoms with E-state index in [0.29, 0.717) is 12.3 Å². The second kappa shape index (κ2) is 11.7. The van der Waals surface area contributed by atoms with Crippen LogP contribution in [0.3, 0.4) is 0 Å². The number of hydrogen-bond donors (Lipinski definition) is 2. The maximum Gasteiger partial charge on any atom is 0.203 e. The van der Waals surface area contributed by atoms with Gasteiger partial charge >= 0.3 is 0 Å². The van der Waals surface area contributed by atoms with Crippen LogP contribution in [0.15, 0.2) is 60.8 Å². The van der Waals surface area contributed by atoms with E-state index in [4.69, 9.17) is 14.4 Å². The van der Waals surface area contributed by atoms with E-state index in [1.807, 2.05) is 80.2 Å². The van der Waals surface area contributed by atoms with Crippen molar-refractivity contribution in [2.24, 2.45) is 5.92 Å². The predicted octanol–water partition coefficient (Wildman–Crippen LogP) is 7.00. The van der Waals surface area contributed by atoms with Gasteiger partial charge in [0.15, 0.2) is 14.1 Å². The molecule has 0 saturated heterocycles. The first kappa shape index (κ1) is 31.8. The van der Waals surface area contributed by atoms with Gasteiger partial charge in [-0.1, -0.05) is 51.5 Å². The molecule has 1 fully saturated rings. The van der Waals surface area contributed by atoms with Crippen LogP contribution >= 0.6 is 0 Å². The summed E-state index contributed by atoms with van der Waals surface area (Å²) in [4.78, 5) is 9.82. The Balaban J connectivity index is 1.46. The molecule has 0 spiro atoms. The topological polar surface area (TPSA) is 108 Å². The van der Waals surface area contributed by atoms with E-state index in [2.05, 4.69) is 49.8 Å². The Morgan fingerprint density at radius 3 is 2.40 bits per heavy atom. The average molecular weight is 620 g/mol. The molecular weight excluding hydrogens is 575 g/mol. The molecule has 0 radical (unpaired) electrons. The number of benzene rings is 1. The van der Waals surface area contributed by atoms with Gasteiger partial charge in [0.25, 0.3) is 0 Å². The summed E-state index contributed by atoms with van der Waals surface area (Å²) < 4.78 is 23.9. The van der Waals surface area contributed by atoms with E-state index in [1.165, 1.54) is 0 Å². The van der Waals surface area contributed by atoms with Gasteiger partial charge in [0.1, 0.15) is 4.75 Å². The van der Waals surface area contributed by atoms with Crippen LogP contribution in [0, 0.1) is 5.92 Å². The maximum atomic E-state index is 13.1. The average Bonchev–Trinajstić information content (AvgIpc) is 3.33. The smallest absolute Gasteiger partial charge is 0.203 e. The first-order valence-electron chi connectivity index (χ1n) is 15.1. The minimum absolute atomic E-state index is 0.0515. The minimum Gasteiger partial charge on any atom is -0.598 e. The Kier molecular flexibility index (Phi) is 8.67. The molecule has 10 heteroatoms. The number of nitrogens with one attached hydrogen (secondary N) is 1. The fourth-order valence-electron chi connectivity index (χ4n) is 4.77. The number of aromatic nitrogens is 4. The van der Waals surface area contributed by atoms with Gasteiger partial charge in [-0.2, -0.15) is 5.10 Å². The molecule has 0 aliphatic heterocycles. The van der Waals surface area contributed by atoms with Crippen molar-refractivity contribution in [3.8, 4) is 17.1 Å². The van der Waals surface area contributed by atoms with Gasteiger partial charge in [0, 0.05) is 28.2 Å². The van der Waals surface area contributed by atoms with Gasteiger partial charge in [-0.25, -0.2) is 14.6 Å². The molecule has 3 heterocycles. The molecule has 230 valence electrons. The summed E-state index contributed by atoms with van der Waals surface area (Å²) >= 11 is -1.46. The van der Waals surface area contributed by atoms with Gasteiger partial charge < -0.3 is 14.1 Å². The van der Waals surface area contributed by atoms with Crippen molar-refractivity contribution >= 4 is 30.6 Å². The highest BCUT2D eigenvalue weighted by molar-refractivity contribution is 7.90. The van der Waals surface area contributed by atoms with Crippen LogP contribution in [0.25, 0.3) is 28.0 Å². The maximum absolute atomic E-state index is 13.1. The summed E-state index contributed by atoms with van der Waals surface area (Å²) in [6.45, 7) is 17.3. The molecule has 8 nitrogen and oxygen atoms in total. The molecule has 1 saturated carbocycles. The molecule has 5 rings (SSSR count). The molecule has 2 N–H and O–H groups in total.